The molecule has 2 aromatic rings. The van der Waals surface area contributed by atoms with Crippen molar-refractivity contribution in [1.29, 1.82) is 0 Å². The number of sulfonamides is 1. The van der Waals surface area contributed by atoms with E-state index in [1.807, 2.05) is 26.2 Å². The van der Waals surface area contributed by atoms with Gasteiger partial charge in [-0.05, 0) is 43.9 Å². The van der Waals surface area contributed by atoms with Crippen LogP contribution in [0.2, 0.25) is 0 Å². The molecule has 0 amide bonds. The van der Waals surface area contributed by atoms with Gasteiger partial charge in [0.25, 0.3) is 10.0 Å². The van der Waals surface area contributed by atoms with Crippen LogP contribution in [0, 0.1) is 0 Å². The van der Waals surface area contributed by atoms with Crippen molar-refractivity contribution in [2.75, 3.05) is 18.8 Å². The van der Waals surface area contributed by atoms with E-state index < -0.39 is 10.0 Å². The molecule has 0 bridgehead atoms. The maximum absolute atomic E-state index is 12.1. The fourth-order valence-corrected chi connectivity index (χ4v) is 2.94. The second kappa shape index (κ2) is 6.07. The molecule has 5 heteroatoms. The molecule has 0 spiro atoms. The number of nitrogens with one attached hydrogen (secondary N) is 1. The van der Waals surface area contributed by atoms with Crippen LogP contribution >= 0.6 is 0 Å². The van der Waals surface area contributed by atoms with E-state index in [9.17, 15) is 8.42 Å². The van der Waals surface area contributed by atoms with Gasteiger partial charge in [0.15, 0.2) is 0 Å². The highest BCUT2D eigenvalue weighted by atomic mass is 32.2. The Morgan fingerprint density at radius 1 is 0.950 bits per heavy atom. The first-order valence-corrected chi connectivity index (χ1v) is 7.77. The van der Waals surface area contributed by atoms with Crippen LogP contribution in [0.4, 0.5) is 5.69 Å². The van der Waals surface area contributed by atoms with Gasteiger partial charge in [-0.1, -0.05) is 30.3 Å². The number of nitrogens with zero attached hydrogens (tertiary/aromatic N) is 1. The normalized spacial score (nSPS) is 11.6. The lowest BCUT2D eigenvalue weighted by atomic mass is 10.2. The van der Waals surface area contributed by atoms with E-state index >= 15 is 0 Å². The van der Waals surface area contributed by atoms with Crippen molar-refractivity contribution in [3.05, 3.63) is 60.2 Å². The maximum atomic E-state index is 12.1. The topological polar surface area (TPSA) is 49.4 Å². The number of hydrogen-bond acceptors (Lipinski definition) is 3. The summed E-state index contributed by atoms with van der Waals surface area (Å²) >= 11 is 0. The molecule has 0 aliphatic carbocycles. The molecule has 2 rings (SSSR count). The van der Waals surface area contributed by atoms with E-state index in [0.29, 0.717) is 5.69 Å². The molecular formula is C15H18N2O2S. The SMILES string of the molecule is CN(C)Cc1ccc(NS(=O)(=O)c2ccccc2)cc1. The first kappa shape index (κ1) is 14.6. The van der Waals surface area contributed by atoms with Crippen LogP contribution in [-0.2, 0) is 16.6 Å². The Morgan fingerprint density at radius 2 is 1.55 bits per heavy atom. The lowest BCUT2D eigenvalue weighted by Gasteiger charge is -2.11. The summed E-state index contributed by atoms with van der Waals surface area (Å²) in [5.74, 6) is 0. The molecule has 0 aliphatic rings. The van der Waals surface area contributed by atoms with Gasteiger partial charge < -0.3 is 4.90 Å². The van der Waals surface area contributed by atoms with Crippen LogP contribution in [0.5, 0.6) is 0 Å². The van der Waals surface area contributed by atoms with Crippen LogP contribution in [0.3, 0.4) is 0 Å². The standard InChI is InChI=1S/C15H18N2O2S/c1-17(2)12-13-8-10-14(11-9-13)16-20(18,19)15-6-4-3-5-7-15/h3-11,16H,12H2,1-2H3. The van der Waals surface area contributed by atoms with Crippen LogP contribution in [-0.4, -0.2) is 27.4 Å². The summed E-state index contributed by atoms with van der Waals surface area (Å²) in [4.78, 5) is 2.32. The first-order valence-electron chi connectivity index (χ1n) is 6.29. The molecule has 0 atom stereocenters. The second-order valence-corrected chi connectivity index (χ2v) is 6.54. The third-order valence-electron chi connectivity index (χ3n) is 2.76. The van der Waals surface area contributed by atoms with Crippen LogP contribution in [0.15, 0.2) is 59.5 Å². The van der Waals surface area contributed by atoms with Gasteiger partial charge in [0.1, 0.15) is 0 Å². The molecule has 0 saturated heterocycles. The zero-order valence-electron chi connectivity index (χ0n) is 11.6. The summed E-state index contributed by atoms with van der Waals surface area (Å²) < 4.78 is 26.9. The zero-order chi connectivity index (χ0) is 14.6. The molecule has 0 saturated carbocycles. The third kappa shape index (κ3) is 3.82. The smallest absolute Gasteiger partial charge is 0.261 e. The summed E-state index contributed by atoms with van der Waals surface area (Å²) in [6, 6.07) is 15.7. The Morgan fingerprint density at radius 3 is 2.10 bits per heavy atom. The van der Waals surface area contributed by atoms with Crippen LogP contribution < -0.4 is 4.72 Å². The summed E-state index contributed by atoms with van der Waals surface area (Å²) in [5.41, 5.74) is 1.70. The maximum Gasteiger partial charge on any atom is 0.261 e. The van der Waals surface area contributed by atoms with E-state index in [2.05, 4.69) is 9.62 Å². The Bertz CT molecular complexity index is 650. The van der Waals surface area contributed by atoms with Gasteiger partial charge in [-0.3, -0.25) is 4.72 Å². The van der Waals surface area contributed by atoms with Crippen molar-refractivity contribution in [1.82, 2.24) is 4.90 Å². The molecular weight excluding hydrogens is 272 g/mol. The van der Waals surface area contributed by atoms with Crippen molar-refractivity contribution in [3.63, 3.8) is 0 Å². The summed E-state index contributed by atoms with van der Waals surface area (Å²) in [7, 11) is 0.475. The number of rotatable bonds is 5. The molecule has 20 heavy (non-hydrogen) atoms. The van der Waals surface area contributed by atoms with Gasteiger partial charge in [-0.25, -0.2) is 8.42 Å². The molecule has 1 N–H and O–H groups in total. The van der Waals surface area contributed by atoms with Crippen molar-refractivity contribution in [2.24, 2.45) is 0 Å². The monoisotopic (exact) mass is 290 g/mol. The first-order chi connectivity index (χ1) is 9.47. The minimum atomic E-state index is -3.51. The third-order valence-corrected chi connectivity index (χ3v) is 4.16. The Balaban J connectivity index is 2.14. The van der Waals surface area contributed by atoms with E-state index in [0.717, 1.165) is 12.1 Å². The van der Waals surface area contributed by atoms with Gasteiger partial charge in [0.05, 0.1) is 4.90 Å². The second-order valence-electron chi connectivity index (χ2n) is 4.85. The number of benzene rings is 2. The predicted octanol–water partition coefficient (Wildman–Crippen LogP) is 2.55. The molecule has 0 heterocycles. The molecule has 4 nitrogen and oxygen atoms in total. The molecule has 0 aromatic heterocycles. The number of anilines is 1. The van der Waals surface area contributed by atoms with E-state index in [1.54, 1.807) is 42.5 Å². The molecule has 106 valence electrons. The summed E-state index contributed by atoms with van der Waals surface area (Å²) in [6.45, 7) is 0.825. The van der Waals surface area contributed by atoms with Crippen molar-refractivity contribution >= 4 is 15.7 Å². The highest BCUT2D eigenvalue weighted by Crippen LogP contribution is 2.16. The van der Waals surface area contributed by atoms with Crippen molar-refractivity contribution in [2.45, 2.75) is 11.4 Å². The Hall–Kier alpha value is -1.85. The minimum Gasteiger partial charge on any atom is -0.305 e. The zero-order valence-corrected chi connectivity index (χ0v) is 12.4. The lowest BCUT2D eigenvalue weighted by molar-refractivity contribution is 0.402. The quantitative estimate of drug-likeness (QED) is 0.920. The van der Waals surface area contributed by atoms with Gasteiger partial charge >= 0.3 is 0 Å². The van der Waals surface area contributed by atoms with Crippen LogP contribution in [0.1, 0.15) is 5.56 Å². The van der Waals surface area contributed by atoms with E-state index in [1.165, 1.54) is 0 Å². The lowest BCUT2D eigenvalue weighted by Crippen LogP contribution is -2.13. The molecule has 2 aromatic carbocycles. The predicted molar refractivity (Wildman–Crippen MR) is 81.1 cm³/mol. The highest BCUT2D eigenvalue weighted by Gasteiger charge is 2.13. The minimum absolute atomic E-state index is 0.261. The Labute approximate surface area is 120 Å². The molecule has 0 unspecified atom stereocenters. The average molecular weight is 290 g/mol. The summed E-state index contributed by atoms with van der Waals surface area (Å²) in [5, 5.41) is 0. The summed E-state index contributed by atoms with van der Waals surface area (Å²) in [6.07, 6.45) is 0. The van der Waals surface area contributed by atoms with E-state index in [-0.39, 0.29) is 4.90 Å². The van der Waals surface area contributed by atoms with Crippen LogP contribution in [0.25, 0.3) is 0 Å². The van der Waals surface area contributed by atoms with Crippen molar-refractivity contribution in [3.8, 4) is 0 Å². The Kier molecular flexibility index (Phi) is 4.42. The van der Waals surface area contributed by atoms with Gasteiger partial charge in [-0.15, -0.1) is 0 Å². The average Bonchev–Trinajstić information content (AvgIpc) is 2.41. The van der Waals surface area contributed by atoms with Gasteiger partial charge in [-0.2, -0.15) is 0 Å². The fourth-order valence-electron chi connectivity index (χ4n) is 1.86. The fraction of sp³-hybridized carbons (Fsp3) is 0.200. The van der Waals surface area contributed by atoms with Crippen molar-refractivity contribution < 1.29 is 8.42 Å². The van der Waals surface area contributed by atoms with Gasteiger partial charge in [0.2, 0.25) is 0 Å². The number of hydrogen-bond donors (Lipinski definition) is 1. The largest absolute Gasteiger partial charge is 0.305 e. The molecule has 0 fully saturated rings. The van der Waals surface area contributed by atoms with Gasteiger partial charge in [0, 0.05) is 12.2 Å². The van der Waals surface area contributed by atoms with E-state index in [4.69, 9.17) is 0 Å². The molecule has 0 aliphatic heterocycles. The molecule has 0 radical (unpaired) electrons. The highest BCUT2D eigenvalue weighted by molar-refractivity contribution is 7.92.